The van der Waals surface area contributed by atoms with Gasteiger partial charge in [-0.15, -0.1) is 0 Å². The lowest BCUT2D eigenvalue weighted by Gasteiger charge is -2.48. The van der Waals surface area contributed by atoms with Gasteiger partial charge in [-0.3, -0.25) is 4.90 Å². The van der Waals surface area contributed by atoms with Crippen LogP contribution in [0, 0.1) is 0 Å². The number of likely N-dealkylation sites (tertiary alicyclic amines) is 1. The first kappa shape index (κ1) is 13.0. The summed E-state index contributed by atoms with van der Waals surface area (Å²) in [6.07, 6.45) is 6.05. The first-order valence-electron chi connectivity index (χ1n) is 7.79. The van der Waals surface area contributed by atoms with Gasteiger partial charge in [-0.25, -0.2) is 0 Å². The van der Waals surface area contributed by atoms with Crippen molar-refractivity contribution in [3.05, 3.63) is 29.3 Å². The van der Waals surface area contributed by atoms with E-state index in [1.807, 2.05) is 12.1 Å². The zero-order valence-electron chi connectivity index (χ0n) is 12.1. The van der Waals surface area contributed by atoms with Crippen molar-refractivity contribution in [3.63, 3.8) is 0 Å². The van der Waals surface area contributed by atoms with Crippen LogP contribution in [0.5, 0.6) is 5.75 Å². The molecule has 0 radical (unpaired) electrons. The van der Waals surface area contributed by atoms with E-state index in [2.05, 4.69) is 24.8 Å². The van der Waals surface area contributed by atoms with Crippen LogP contribution in [0.3, 0.4) is 0 Å². The monoisotopic (exact) mass is 259 g/mol. The SMILES string of the molecule is CCCN1C(C)CCC2c3cccc(O)c3CCC21. The highest BCUT2D eigenvalue weighted by atomic mass is 16.3. The predicted molar refractivity (Wildman–Crippen MR) is 78.6 cm³/mol. The van der Waals surface area contributed by atoms with Crippen LogP contribution in [0.25, 0.3) is 0 Å². The van der Waals surface area contributed by atoms with Crippen molar-refractivity contribution in [2.75, 3.05) is 6.54 Å². The molecule has 3 rings (SSSR count). The van der Waals surface area contributed by atoms with E-state index in [1.165, 1.54) is 43.4 Å². The van der Waals surface area contributed by atoms with E-state index in [4.69, 9.17) is 0 Å². The lowest BCUT2D eigenvalue weighted by Crippen LogP contribution is -2.50. The van der Waals surface area contributed by atoms with Crippen molar-refractivity contribution in [3.8, 4) is 5.75 Å². The Morgan fingerprint density at radius 3 is 2.89 bits per heavy atom. The standard InChI is InChI=1S/C17H25NO/c1-3-11-18-12(2)7-8-14-13-5-4-6-17(19)15(13)9-10-16(14)18/h4-6,12,14,16,19H,3,7-11H2,1-2H3. The molecule has 0 saturated carbocycles. The van der Waals surface area contributed by atoms with Crippen LogP contribution in [-0.2, 0) is 6.42 Å². The molecular formula is C17H25NO. The summed E-state index contributed by atoms with van der Waals surface area (Å²) in [6, 6.07) is 7.51. The second kappa shape index (κ2) is 5.16. The number of piperidine rings is 1. The Bertz CT molecular complexity index is 457. The summed E-state index contributed by atoms with van der Waals surface area (Å²) < 4.78 is 0. The summed E-state index contributed by atoms with van der Waals surface area (Å²) >= 11 is 0. The number of nitrogens with zero attached hydrogens (tertiary/aromatic N) is 1. The van der Waals surface area contributed by atoms with Crippen molar-refractivity contribution < 1.29 is 5.11 Å². The maximum Gasteiger partial charge on any atom is 0.119 e. The Kier molecular flexibility index (Phi) is 3.53. The van der Waals surface area contributed by atoms with Gasteiger partial charge in [-0.2, -0.15) is 0 Å². The number of benzene rings is 1. The van der Waals surface area contributed by atoms with Gasteiger partial charge in [0.05, 0.1) is 0 Å². The molecule has 1 saturated heterocycles. The Labute approximate surface area is 116 Å². The minimum absolute atomic E-state index is 0.511. The van der Waals surface area contributed by atoms with Gasteiger partial charge < -0.3 is 5.11 Å². The summed E-state index contributed by atoms with van der Waals surface area (Å²) in [7, 11) is 0. The lowest BCUT2D eigenvalue weighted by atomic mass is 9.72. The molecule has 1 N–H and O–H groups in total. The van der Waals surface area contributed by atoms with Crippen LogP contribution in [-0.4, -0.2) is 28.6 Å². The van der Waals surface area contributed by atoms with Crippen LogP contribution < -0.4 is 0 Å². The summed E-state index contributed by atoms with van der Waals surface area (Å²) in [5.41, 5.74) is 2.64. The average molecular weight is 259 g/mol. The Morgan fingerprint density at radius 1 is 1.26 bits per heavy atom. The molecule has 0 amide bonds. The summed E-state index contributed by atoms with van der Waals surface area (Å²) in [4.78, 5) is 2.72. The van der Waals surface area contributed by atoms with Gasteiger partial charge in [0, 0.05) is 12.1 Å². The molecule has 1 fully saturated rings. The Morgan fingerprint density at radius 2 is 2.11 bits per heavy atom. The number of aromatic hydroxyl groups is 1. The van der Waals surface area contributed by atoms with Gasteiger partial charge in [0.2, 0.25) is 0 Å². The van der Waals surface area contributed by atoms with Crippen molar-refractivity contribution in [2.24, 2.45) is 0 Å². The fraction of sp³-hybridized carbons (Fsp3) is 0.647. The number of fused-ring (bicyclic) bond motifs is 3. The highest BCUT2D eigenvalue weighted by Crippen LogP contribution is 2.44. The molecule has 2 nitrogen and oxygen atoms in total. The lowest BCUT2D eigenvalue weighted by molar-refractivity contribution is 0.0642. The third-order valence-electron chi connectivity index (χ3n) is 5.11. The van der Waals surface area contributed by atoms with Crippen molar-refractivity contribution in [2.45, 2.75) is 64.0 Å². The first-order chi connectivity index (χ1) is 9.22. The molecule has 1 aromatic carbocycles. The quantitative estimate of drug-likeness (QED) is 0.875. The van der Waals surface area contributed by atoms with Gasteiger partial charge in [0.25, 0.3) is 0 Å². The molecule has 2 heteroatoms. The Balaban J connectivity index is 1.93. The van der Waals surface area contributed by atoms with E-state index in [1.54, 1.807) is 0 Å². The minimum atomic E-state index is 0.511. The number of hydrogen-bond donors (Lipinski definition) is 1. The molecule has 1 aliphatic heterocycles. The van der Waals surface area contributed by atoms with E-state index in [9.17, 15) is 5.11 Å². The van der Waals surface area contributed by atoms with Crippen molar-refractivity contribution in [1.82, 2.24) is 4.90 Å². The average Bonchev–Trinajstić information content (AvgIpc) is 2.42. The normalized spacial score (nSPS) is 30.7. The maximum atomic E-state index is 10.1. The number of phenols is 1. The molecule has 0 bridgehead atoms. The van der Waals surface area contributed by atoms with Crippen LogP contribution in [0.4, 0.5) is 0 Å². The van der Waals surface area contributed by atoms with Crippen molar-refractivity contribution in [1.29, 1.82) is 0 Å². The van der Waals surface area contributed by atoms with Gasteiger partial charge in [0.1, 0.15) is 5.75 Å². The summed E-state index contributed by atoms with van der Waals surface area (Å²) in [5, 5.41) is 10.1. The molecule has 3 atom stereocenters. The molecule has 3 unspecified atom stereocenters. The van der Waals surface area contributed by atoms with Gasteiger partial charge in [0.15, 0.2) is 0 Å². The summed E-state index contributed by atoms with van der Waals surface area (Å²) in [5.74, 6) is 1.15. The molecule has 19 heavy (non-hydrogen) atoms. The highest BCUT2D eigenvalue weighted by molar-refractivity contribution is 5.44. The predicted octanol–water partition coefficient (Wildman–Crippen LogP) is 3.68. The fourth-order valence-electron chi connectivity index (χ4n) is 4.22. The smallest absolute Gasteiger partial charge is 0.119 e. The van der Waals surface area contributed by atoms with E-state index < -0.39 is 0 Å². The van der Waals surface area contributed by atoms with E-state index in [0.717, 1.165) is 12.5 Å². The second-order valence-electron chi connectivity index (χ2n) is 6.22. The summed E-state index contributed by atoms with van der Waals surface area (Å²) in [6.45, 7) is 5.87. The van der Waals surface area contributed by atoms with Gasteiger partial charge in [-0.1, -0.05) is 19.1 Å². The number of phenolic OH excluding ortho intramolecular Hbond substituents is 1. The molecule has 0 spiro atoms. The third kappa shape index (κ3) is 2.16. The second-order valence-corrected chi connectivity index (χ2v) is 6.22. The Hall–Kier alpha value is -1.02. The van der Waals surface area contributed by atoms with E-state index in [-0.39, 0.29) is 0 Å². The highest BCUT2D eigenvalue weighted by Gasteiger charge is 2.39. The molecule has 2 aliphatic rings. The maximum absolute atomic E-state index is 10.1. The number of rotatable bonds is 2. The van der Waals surface area contributed by atoms with Crippen LogP contribution in [0.2, 0.25) is 0 Å². The molecule has 1 aliphatic carbocycles. The topological polar surface area (TPSA) is 23.5 Å². The van der Waals surface area contributed by atoms with Crippen LogP contribution >= 0.6 is 0 Å². The molecule has 1 heterocycles. The zero-order valence-corrected chi connectivity index (χ0v) is 12.1. The number of hydrogen-bond acceptors (Lipinski definition) is 2. The van der Waals surface area contributed by atoms with Gasteiger partial charge in [-0.05, 0) is 68.7 Å². The zero-order chi connectivity index (χ0) is 13.4. The fourth-order valence-corrected chi connectivity index (χ4v) is 4.22. The first-order valence-corrected chi connectivity index (χ1v) is 7.79. The van der Waals surface area contributed by atoms with E-state index in [0.29, 0.717) is 17.7 Å². The van der Waals surface area contributed by atoms with E-state index >= 15 is 0 Å². The van der Waals surface area contributed by atoms with Gasteiger partial charge >= 0.3 is 0 Å². The molecule has 0 aromatic heterocycles. The molecule has 104 valence electrons. The largest absolute Gasteiger partial charge is 0.508 e. The van der Waals surface area contributed by atoms with Crippen molar-refractivity contribution >= 4 is 0 Å². The minimum Gasteiger partial charge on any atom is -0.508 e. The molecule has 1 aromatic rings. The van der Waals surface area contributed by atoms with Crippen LogP contribution in [0.15, 0.2) is 18.2 Å². The third-order valence-corrected chi connectivity index (χ3v) is 5.11. The van der Waals surface area contributed by atoms with Crippen LogP contribution in [0.1, 0.15) is 56.6 Å². The molecular weight excluding hydrogens is 234 g/mol.